The largest absolute Gasteiger partial charge is 0.481 e. The number of likely N-dealkylation sites (tertiary alicyclic amines) is 1. The molecule has 116 valence electrons. The van der Waals surface area contributed by atoms with Crippen molar-refractivity contribution >= 4 is 39.3 Å². The van der Waals surface area contributed by atoms with Crippen LogP contribution in [0.25, 0.3) is 0 Å². The lowest BCUT2D eigenvalue weighted by Gasteiger charge is -2.28. The van der Waals surface area contributed by atoms with Gasteiger partial charge >= 0.3 is 12.0 Å². The fourth-order valence-corrected chi connectivity index (χ4v) is 4.05. The van der Waals surface area contributed by atoms with E-state index in [2.05, 4.69) is 21.2 Å². The van der Waals surface area contributed by atoms with Crippen molar-refractivity contribution in [3.8, 4) is 0 Å². The van der Waals surface area contributed by atoms with Gasteiger partial charge in [-0.05, 0) is 39.7 Å². The molecule has 0 saturated carbocycles. The van der Waals surface area contributed by atoms with Crippen LogP contribution in [0.3, 0.4) is 0 Å². The maximum atomic E-state index is 12.2. The van der Waals surface area contributed by atoms with Crippen molar-refractivity contribution in [3.05, 3.63) is 20.8 Å². The molecule has 1 aliphatic heterocycles. The van der Waals surface area contributed by atoms with E-state index in [-0.39, 0.29) is 18.5 Å². The first-order valence-electron chi connectivity index (χ1n) is 6.85. The average molecular weight is 375 g/mol. The van der Waals surface area contributed by atoms with E-state index in [9.17, 15) is 14.7 Å². The molecule has 7 heteroatoms. The highest BCUT2D eigenvalue weighted by Gasteiger charge is 2.48. The monoisotopic (exact) mass is 374 g/mol. The van der Waals surface area contributed by atoms with E-state index in [0.717, 1.165) is 9.35 Å². The van der Waals surface area contributed by atoms with Gasteiger partial charge in [0.1, 0.15) is 0 Å². The number of thiophene rings is 1. The van der Waals surface area contributed by atoms with Crippen LogP contribution in [0.1, 0.15) is 25.1 Å². The zero-order chi connectivity index (χ0) is 15.6. The molecule has 0 aromatic carbocycles. The zero-order valence-electron chi connectivity index (χ0n) is 12.1. The second-order valence-corrected chi connectivity index (χ2v) is 7.49. The van der Waals surface area contributed by atoms with Gasteiger partial charge in [-0.15, -0.1) is 11.3 Å². The highest BCUT2D eigenvalue weighted by Crippen LogP contribution is 2.38. The quantitative estimate of drug-likeness (QED) is 0.850. The van der Waals surface area contributed by atoms with Crippen LogP contribution in [0.4, 0.5) is 4.79 Å². The van der Waals surface area contributed by atoms with Gasteiger partial charge in [-0.25, -0.2) is 4.79 Å². The Hall–Kier alpha value is -1.08. The number of carbonyl (C=O) groups is 2. The first-order valence-corrected chi connectivity index (χ1v) is 8.52. The number of nitrogens with one attached hydrogen (secondary N) is 1. The standard InChI is InChI=1S/C14H19BrN2O3S/c1-9(2)14(12(18)19)4-5-17(8-14)13(20)16-7-11-10(15)3-6-21-11/h3,6,9H,4-5,7-8H2,1-2H3,(H,16,20)(H,18,19). The summed E-state index contributed by atoms with van der Waals surface area (Å²) >= 11 is 4.99. The predicted octanol–water partition coefficient (Wildman–Crippen LogP) is 3.15. The van der Waals surface area contributed by atoms with Crippen LogP contribution in [0.15, 0.2) is 15.9 Å². The molecular weight excluding hydrogens is 356 g/mol. The fraction of sp³-hybridized carbons (Fsp3) is 0.571. The smallest absolute Gasteiger partial charge is 0.317 e. The van der Waals surface area contributed by atoms with Crippen molar-refractivity contribution < 1.29 is 14.7 Å². The molecule has 2 rings (SSSR count). The number of carboxylic acid groups (broad SMARTS) is 1. The van der Waals surface area contributed by atoms with Gasteiger partial charge in [0.25, 0.3) is 0 Å². The van der Waals surface area contributed by atoms with Crippen molar-refractivity contribution in [1.82, 2.24) is 10.2 Å². The highest BCUT2D eigenvalue weighted by atomic mass is 79.9. The van der Waals surface area contributed by atoms with Crippen LogP contribution in [-0.4, -0.2) is 35.1 Å². The number of halogens is 1. The molecule has 2 amide bonds. The lowest BCUT2D eigenvalue weighted by molar-refractivity contribution is -0.150. The molecule has 0 aliphatic carbocycles. The lowest BCUT2D eigenvalue weighted by atomic mass is 9.76. The van der Waals surface area contributed by atoms with Crippen molar-refractivity contribution in [3.63, 3.8) is 0 Å². The van der Waals surface area contributed by atoms with Gasteiger partial charge in [0.05, 0.1) is 12.0 Å². The topological polar surface area (TPSA) is 69.6 Å². The Morgan fingerprint density at radius 2 is 2.29 bits per heavy atom. The number of rotatable bonds is 4. The molecule has 1 aromatic rings. The first-order chi connectivity index (χ1) is 9.86. The van der Waals surface area contributed by atoms with Crippen LogP contribution in [-0.2, 0) is 11.3 Å². The van der Waals surface area contributed by atoms with Gasteiger partial charge in [-0.2, -0.15) is 0 Å². The predicted molar refractivity (Wildman–Crippen MR) is 85.4 cm³/mol. The molecule has 21 heavy (non-hydrogen) atoms. The minimum Gasteiger partial charge on any atom is -0.481 e. The number of hydrogen-bond acceptors (Lipinski definition) is 3. The Balaban J connectivity index is 1.96. The van der Waals surface area contributed by atoms with Crippen molar-refractivity contribution in [2.75, 3.05) is 13.1 Å². The summed E-state index contributed by atoms with van der Waals surface area (Å²) < 4.78 is 0.983. The molecule has 1 fully saturated rings. The number of hydrogen-bond donors (Lipinski definition) is 2. The first kappa shape index (κ1) is 16.3. The minimum absolute atomic E-state index is 0.000703. The number of amides is 2. The fourth-order valence-electron chi connectivity index (χ4n) is 2.62. The van der Waals surface area contributed by atoms with E-state index in [4.69, 9.17) is 0 Å². The molecule has 1 aromatic heterocycles. The number of aliphatic carboxylic acids is 1. The second-order valence-electron chi connectivity index (χ2n) is 5.64. The Kier molecular flexibility index (Phi) is 4.93. The van der Waals surface area contributed by atoms with Gasteiger partial charge in [-0.3, -0.25) is 4.79 Å². The molecule has 0 spiro atoms. The number of carboxylic acids is 1. The molecule has 5 nitrogen and oxygen atoms in total. The molecule has 1 saturated heterocycles. The van der Waals surface area contributed by atoms with E-state index >= 15 is 0 Å². The third-order valence-corrected chi connectivity index (χ3v) is 6.14. The molecule has 1 aliphatic rings. The molecule has 2 N–H and O–H groups in total. The molecule has 1 atom stereocenters. The zero-order valence-corrected chi connectivity index (χ0v) is 14.5. The second kappa shape index (κ2) is 6.36. The number of nitrogens with zero attached hydrogens (tertiary/aromatic N) is 1. The maximum Gasteiger partial charge on any atom is 0.317 e. The molecule has 2 heterocycles. The molecule has 0 radical (unpaired) electrons. The number of carbonyl (C=O) groups excluding carboxylic acids is 1. The minimum atomic E-state index is -0.819. The van der Waals surface area contributed by atoms with E-state index in [1.54, 1.807) is 16.2 Å². The Morgan fingerprint density at radius 1 is 1.57 bits per heavy atom. The van der Waals surface area contributed by atoms with Gasteiger partial charge < -0.3 is 15.3 Å². The maximum absolute atomic E-state index is 12.2. The van der Waals surface area contributed by atoms with E-state index in [1.807, 2.05) is 25.3 Å². The van der Waals surface area contributed by atoms with E-state index in [1.165, 1.54) is 0 Å². The van der Waals surface area contributed by atoms with E-state index < -0.39 is 11.4 Å². The summed E-state index contributed by atoms with van der Waals surface area (Å²) in [5, 5.41) is 14.3. The molecule has 1 unspecified atom stereocenters. The van der Waals surface area contributed by atoms with Crippen LogP contribution >= 0.6 is 27.3 Å². The van der Waals surface area contributed by atoms with E-state index in [0.29, 0.717) is 19.5 Å². The molecular formula is C14H19BrN2O3S. The van der Waals surface area contributed by atoms with Crippen LogP contribution < -0.4 is 5.32 Å². The van der Waals surface area contributed by atoms with Gasteiger partial charge in [-0.1, -0.05) is 13.8 Å². The Labute approximate surface area is 136 Å². The van der Waals surface area contributed by atoms with Crippen LogP contribution in [0.2, 0.25) is 0 Å². The summed E-state index contributed by atoms with van der Waals surface area (Å²) in [6.45, 7) is 5.02. The van der Waals surface area contributed by atoms with Crippen LogP contribution in [0, 0.1) is 11.3 Å². The molecule has 0 bridgehead atoms. The normalized spacial score (nSPS) is 21.8. The third kappa shape index (κ3) is 3.23. The van der Waals surface area contributed by atoms with Crippen molar-refractivity contribution in [1.29, 1.82) is 0 Å². The van der Waals surface area contributed by atoms with Gasteiger partial charge in [0, 0.05) is 22.4 Å². The summed E-state index contributed by atoms with van der Waals surface area (Å²) in [7, 11) is 0. The van der Waals surface area contributed by atoms with Crippen LogP contribution in [0.5, 0.6) is 0 Å². The highest BCUT2D eigenvalue weighted by molar-refractivity contribution is 9.10. The van der Waals surface area contributed by atoms with Crippen molar-refractivity contribution in [2.24, 2.45) is 11.3 Å². The summed E-state index contributed by atoms with van der Waals surface area (Å²) in [6, 6.07) is 1.75. The summed E-state index contributed by atoms with van der Waals surface area (Å²) in [6.07, 6.45) is 0.510. The SMILES string of the molecule is CC(C)C1(C(=O)O)CCN(C(=O)NCc2sccc2Br)C1. The van der Waals surface area contributed by atoms with Crippen molar-refractivity contribution in [2.45, 2.75) is 26.8 Å². The summed E-state index contributed by atoms with van der Waals surface area (Å²) in [4.78, 5) is 26.4. The average Bonchev–Trinajstić information content (AvgIpc) is 3.03. The Morgan fingerprint density at radius 3 is 2.76 bits per heavy atom. The number of urea groups is 1. The van der Waals surface area contributed by atoms with Gasteiger partial charge in [0.15, 0.2) is 0 Å². The lowest BCUT2D eigenvalue weighted by Crippen LogP contribution is -2.43. The van der Waals surface area contributed by atoms with Gasteiger partial charge in [0.2, 0.25) is 0 Å². The Bertz CT molecular complexity index is 546. The summed E-state index contributed by atoms with van der Waals surface area (Å²) in [5.41, 5.74) is -0.819. The summed E-state index contributed by atoms with van der Waals surface area (Å²) in [5.74, 6) is -0.812. The third-order valence-electron chi connectivity index (χ3n) is 4.21.